The van der Waals surface area contributed by atoms with Crippen molar-refractivity contribution in [1.82, 2.24) is 0 Å². The van der Waals surface area contributed by atoms with E-state index < -0.39 is 6.10 Å². The smallest absolute Gasteiger partial charge is 0.126 e. The average Bonchev–Trinajstić information content (AvgIpc) is 2.54. The van der Waals surface area contributed by atoms with Crippen LogP contribution in [-0.4, -0.2) is 57.6 Å². The molecule has 0 aromatic heterocycles. The van der Waals surface area contributed by atoms with Crippen molar-refractivity contribution in [3.05, 3.63) is 34.9 Å². The molecule has 1 aromatic carbocycles. The second kappa shape index (κ2) is 9.00. The maximum absolute atomic E-state index is 10.3. The second-order valence-electron chi connectivity index (χ2n) is 6.96. The Morgan fingerprint density at radius 2 is 1.91 bits per heavy atom. The minimum absolute atomic E-state index is 0.0332. The molecule has 1 saturated heterocycles. The van der Waals surface area contributed by atoms with Gasteiger partial charge in [-0.15, -0.1) is 0 Å². The molecule has 130 valence electrons. The van der Waals surface area contributed by atoms with Crippen molar-refractivity contribution < 1.29 is 19.6 Å². The Hall–Kier alpha value is -0.650. The number of quaternary nitrogens is 2. The van der Waals surface area contributed by atoms with Gasteiger partial charge in [-0.25, -0.2) is 0 Å². The standard InChI is InChI=1S/C18H29ClN2O2/c1-14(15-4-6-16(19)7-5-15)23-13-18(22)12-21(3)17-8-10-20(2)11-9-17/h4-7,14,17-18,22H,8-13H2,1-3H3/p+2/t14-,18-/m0/s1. The lowest BCUT2D eigenvalue weighted by atomic mass is 10.0. The van der Waals surface area contributed by atoms with Gasteiger partial charge >= 0.3 is 0 Å². The first-order valence-electron chi connectivity index (χ1n) is 8.64. The van der Waals surface area contributed by atoms with Crippen molar-refractivity contribution in [3.63, 3.8) is 0 Å². The van der Waals surface area contributed by atoms with Gasteiger partial charge in [0.1, 0.15) is 12.6 Å². The lowest BCUT2D eigenvalue weighted by Gasteiger charge is -2.31. The molecule has 1 fully saturated rings. The van der Waals surface area contributed by atoms with Crippen LogP contribution in [-0.2, 0) is 4.74 Å². The minimum Gasteiger partial charge on any atom is -0.385 e. The first-order valence-corrected chi connectivity index (χ1v) is 9.02. The highest BCUT2D eigenvalue weighted by atomic mass is 35.5. The summed E-state index contributed by atoms with van der Waals surface area (Å²) in [5, 5.41) is 11.0. The fraction of sp³-hybridized carbons (Fsp3) is 0.667. The summed E-state index contributed by atoms with van der Waals surface area (Å²) >= 11 is 5.90. The molecular formula is C18H31ClN2O2+2. The maximum atomic E-state index is 10.3. The number of hydrogen-bond donors (Lipinski definition) is 3. The predicted octanol–water partition coefficient (Wildman–Crippen LogP) is -0.0297. The number of aliphatic hydroxyl groups is 1. The summed E-state index contributed by atoms with van der Waals surface area (Å²) in [4.78, 5) is 3.04. The molecule has 0 spiro atoms. The lowest BCUT2D eigenvalue weighted by molar-refractivity contribution is -0.941. The Morgan fingerprint density at radius 3 is 2.52 bits per heavy atom. The number of likely N-dealkylation sites (N-methyl/N-ethyl adjacent to an activating group) is 1. The number of ether oxygens (including phenoxy) is 1. The van der Waals surface area contributed by atoms with E-state index in [4.69, 9.17) is 16.3 Å². The van der Waals surface area contributed by atoms with Crippen LogP contribution in [0.3, 0.4) is 0 Å². The Balaban J connectivity index is 1.71. The van der Waals surface area contributed by atoms with Crippen LogP contribution in [0.2, 0.25) is 5.02 Å². The zero-order chi connectivity index (χ0) is 16.8. The number of aliphatic hydroxyl groups excluding tert-OH is 1. The van der Waals surface area contributed by atoms with Crippen LogP contribution >= 0.6 is 11.6 Å². The van der Waals surface area contributed by atoms with E-state index in [1.807, 2.05) is 31.2 Å². The summed E-state index contributed by atoms with van der Waals surface area (Å²) in [6.45, 7) is 5.60. The molecule has 4 nitrogen and oxygen atoms in total. The van der Waals surface area contributed by atoms with Gasteiger partial charge in [-0.3, -0.25) is 0 Å². The van der Waals surface area contributed by atoms with Crippen molar-refractivity contribution in [2.45, 2.75) is 38.0 Å². The molecular weight excluding hydrogens is 312 g/mol. The second-order valence-corrected chi connectivity index (χ2v) is 7.40. The number of benzene rings is 1. The van der Waals surface area contributed by atoms with Gasteiger partial charge in [-0.05, 0) is 24.6 Å². The Labute approximate surface area is 145 Å². The zero-order valence-electron chi connectivity index (χ0n) is 14.5. The minimum atomic E-state index is -0.420. The number of nitrogens with one attached hydrogen (secondary N) is 2. The van der Waals surface area contributed by atoms with Crippen molar-refractivity contribution in [2.24, 2.45) is 0 Å². The van der Waals surface area contributed by atoms with E-state index >= 15 is 0 Å². The molecule has 5 heteroatoms. The van der Waals surface area contributed by atoms with E-state index in [-0.39, 0.29) is 6.10 Å². The summed E-state index contributed by atoms with van der Waals surface area (Å²) in [6, 6.07) is 8.34. The molecule has 3 atom stereocenters. The van der Waals surface area contributed by atoms with E-state index in [0.717, 1.165) is 17.1 Å². The summed E-state index contributed by atoms with van der Waals surface area (Å²) in [5.41, 5.74) is 1.08. The largest absolute Gasteiger partial charge is 0.385 e. The lowest BCUT2D eigenvalue weighted by Crippen LogP contribution is -3.18. The molecule has 3 N–H and O–H groups in total. The van der Waals surface area contributed by atoms with Crippen LogP contribution < -0.4 is 9.80 Å². The summed E-state index contributed by atoms with van der Waals surface area (Å²) in [5.74, 6) is 0. The highest BCUT2D eigenvalue weighted by Gasteiger charge is 2.27. The van der Waals surface area contributed by atoms with Crippen LogP contribution in [0.25, 0.3) is 0 Å². The first kappa shape index (κ1) is 18.7. The third-order valence-corrected chi connectivity index (χ3v) is 5.22. The molecule has 0 radical (unpaired) electrons. The fourth-order valence-corrected chi connectivity index (χ4v) is 3.41. The number of likely N-dealkylation sites (tertiary alicyclic amines) is 1. The molecule has 1 aliphatic rings. The third-order valence-electron chi connectivity index (χ3n) is 4.97. The fourth-order valence-electron chi connectivity index (χ4n) is 3.29. The molecule has 1 aromatic rings. The summed E-state index contributed by atoms with van der Waals surface area (Å²) in [6.07, 6.45) is 2.03. The van der Waals surface area contributed by atoms with Crippen LogP contribution in [0.5, 0.6) is 0 Å². The first-order chi connectivity index (χ1) is 11.0. The molecule has 1 unspecified atom stereocenters. The zero-order valence-corrected chi connectivity index (χ0v) is 15.3. The van der Waals surface area contributed by atoms with E-state index in [1.165, 1.54) is 30.8 Å². The Morgan fingerprint density at radius 1 is 1.30 bits per heavy atom. The third kappa shape index (κ3) is 6.05. The molecule has 1 heterocycles. The van der Waals surface area contributed by atoms with Crippen molar-refractivity contribution in [3.8, 4) is 0 Å². The van der Waals surface area contributed by atoms with E-state index in [9.17, 15) is 5.11 Å². The summed E-state index contributed by atoms with van der Waals surface area (Å²) in [7, 11) is 4.45. The topological polar surface area (TPSA) is 38.3 Å². The van der Waals surface area contributed by atoms with Crippen LogP contribution in [0.1, 0.15) is 31.4 Å². The molecule has 0 amide bonds. The molecule has 23 heavy (non-hydrogen) atoms. The quantitative estimate of drug-likeness (QED) is 0.651. The van der Waals surface area contributed by atoms with Gasteiger partial charge in [-0.2, -0.15) is 0 Å². The molecule has 0 bridgehead atoms. The van der Waals surface area contributed by atoms with Crippen molar-refractivity contribution >= 4 is 11.6 Å². The maximum Gasteiger partial charge on any atom is 0.126 e. The van der Waals surface area contributed by atoms with E-state index in [1.54, 1.807) is 4.90 Å². The van der Waals surface area contributed by atoms with Crippen LogP contribution in [0.4, 0.5) is 0 Å². The number of halogens is 1. The van der Waals surface area contributed by atoms with Gasteiger partial charge in [0.05, 0.1) is 45.9 Å². The highest BCUT2D eigenvalue weighted by Crippen LogP contribution is 2.19. The molecule has 0 saturated carbocycles. The van der Waals surface area contributed by atoms with Crippen LogP contribution in [0, 0.1) is 0 Å². The van der Waals surface area contributed by atoms with Crippen molar-refractivity contribution in [1.29, 1.82) is 0 Å². The van der Waals surface area contributed by atoms with E-state index in [2.05, 4.69) is 14.1 Å². The van der Waals surface area contributed by atoms with Gasteiger partial charge < -0.3 is 19.6 Å². The van der Waals surface area contributed by atoms with Gasteiger partial charge in [-0.1, -0.05) is 23.7 Å². The normalized spacial score (nSPS) is 25.8. The molecule has 0 aliphatic carbocycles. The average molecular weight is 343 g/mol. The Kier molecular flexibility index (Phi) is 7.31. The number of rotatable bonds is 7. The Bertz CT molecular complexity index is 461. The van der Waals surface area contributed by atoms with E-state index in [0.29, 0.717) is 12.6 Å². The van der Waals surface area contributed by atoms with Gasteiger partial charge in [0.25, 0.3) is 0 Å². The predicted molar refractivity (Wildman–Crippen MR) is 93.2 cm³/mol. The molecule has 2 rings (SSSR count). The molecule has 1 aliphatic heterocycles. The monoisotopic (exact) mass is 342 g/mol. The number of piperidine rings is 1. The van der Waals surface area contributed by atoms with Gasteiger partial charge in [0.15, 0.2) is 0 Å². The van der Waals surface area contributed by atoms with Gasteiger partial charge in [0, 0.05) is 17.9 Å². The highest BCUT2D eigenvalue weighted by molar-refractivity contribution is 6.30. The number of hydrogen-bond acceptors (Lipinski definition) is 2. The summed E-state index contributed by atoms with van der Waals surface area (Å²) < 4.78 is 5.82. The van der Waals surface area contributed by atoms with Crippen molar-refractivity contribution in [2.75, 3.05) is 40.3 Å². The SMILES string of the molecule is C[C@H](OC[C@@H](O)C[NH+](C)C1CC[NH+](C)CC1)c1ccc(Cl)cc1. The van der Waals surface area contributed by atoms with Gasteiger partial charge in [0.2, 0.25) is 0 Å². The van der Waals surface area contributed by atoms with Crippen LogP contribution in [0.15, 0.2) is 24.3 Å².